The van der Waals surface area contributed by atoms with Crippen LogP contribution in [-0.2, 0) is 0 Å². The Balaban J connectivity index is 2.08. The molecule has 2 rings (SSSR count). The predicted molar refractivity (Wildman–Crippen MR) is 91.8 cm³/mol. The zero-order valence-electron chi connectivity index (χ0n) is 14.3. The molecule has 1 N–H and O–H groups in total. The summed E-state index contributed by atoms with van der Waals surface area (Å²) < 4.78 is 0. The van der Waals surface area contributed by atoms with Crippen LogP contribution in [0.5, 0.6) is 0 Å². The van der Waals surface area contributed by atoms with Crippen LogP contribution in [0.3, 0.4) is 0 Å². The first kappa shape index (κ1) is 16.5. The minimum Gasteiger partial charge on any atom is -0.309 e. The van der Waals surface area contributed by atoms with Crippen LogP contribution in [0, 0.1) is 19.8 Å². The van der Waals surface area contributed by atoms with Crippen molar-refractivity contribution in [1.29, 1.82) is 0 Å². The number of rotatable bonds is 9. The molecule has 0 aromatic heterocycles. The Morgan fingerprint density at radius 2 is 1.81 bits per heavy atom. The molecule has 2 heteroatoms. The molecule has 1 aliphatic carbocycles. The van der Waals surface area contributed by atoms with Gasteiger partial charge in [0.25, 0.3) is 0 Å². The smallest absolute Gasteiger partial charge is 0.0449 e. The van der Waals surface area contributed by atoms with Gasteiger partial charge in [-0.2, -0.15) is 0 Å². The molecule has 0 bridgehead atoms. The lowest BCUT2D eigenvalue weighted by molar-refractivity contribution is 0.234. The fourth-order valence-electron chi connectivity index (χ4n) is 3.24. The first-order chi connectivity index (χ1) is 10.1. The van der Waals surface area contributed by atoms with Crippen molar-refractivity contribution in [3.05, 3.63) is 34.9 Å². The Hall–Kier alpha value is -0.860. The van der Waals surface area contributed by atoms with E-state index in [2.05, 4.69) is 56.1 Å². The van der Waals surface area contributed by atoms with E-state index in [4.69, 9.17) is 0 Å². The fourth-order valence-corrected chi connectivity index (χ4v) is 3.24. The molecule has 1 aromatic carbocycles. The van der Waals surface area contributed by atoms with Crippen molar-refractivity contribution in [3.8, 4) is 0 Å². The van der Waals surface area contributed by atoms with E-state index in [0.29, 0.717) is 6.04 Å². The minimum absolute atomic E-state index is 0.457. The van der Waals surface area contributed by atoms with E-state index < -0.39 is 0 Å². The molecule has 1 aliphatic rings. The number of hydrogen-bond acceptors (Lipinski definition) is 2. The molecule has 0 radical (unpaired) electrons. The number of nitrogens with zero attached hydrogens (tertiary/aromatic N) is 1. The van der Waals surface area contributed by atoms with E-state index in [1.165, 1.54) is 49.0 Å². The van der Waals surface area contributed by atoms with Gasteiger partial charge in [0.2, 0.25) is 0 Å². The average Bonchev–Trinajstić information content (AvgIpc) is 3.21. The Labute approximate surface area is 130 Å². The van der Waals surface area contributed by atoms with E-state index in [1.807, 2.05) is 0 Å². The first-order valence-corrected chi connectivity index (χ1v) is 8.66. The maximum atomic E-state index is 3.69. The van der Waals surface area contributed by atoms with E-state index in [0.717, 1.165) is 19.0 Å². The van der Waals surface area contributed by atoms with Crippen LogP contribution in [0.4, 0.5) is 0 Å². The fraction of sp³-hybridized carbons (Fsp3) is 0.684. The third-order valence-corrected chi connectivity index (χ3v) is 4.29. The van der Waals surface area contributed by atoms with Crippen LogP contribution < -0.4 is 5.32 Å². The Morgan fingerprint density at radius 3 is 2.33 bits per heavy atom. The average molecular weight is 288 g/mol. The molecule has 118 valence electrons. The Bertz CT molecular complexity index is 417. The lowest BCUT2D eigenvalue weighted by Gasteiger charge is -2.28. The normalized spacial score (nSPS) is 16.4. The Kier molecular flexibility index (Phi) is 6.25. The van der Waals surface area contributed by atoms with Crippen LogP contribution in [0.1, 0.15) is 55.8 Å². The van der Waals surface area contributed by atoms with Gasteiger partial charge in [-0.3, -0.25) is 0 Å². The van der Waals surface area contributed by atoms with Crippen molar-refractivity contribution in [2.75, 3.05) is 26.2 Å². The molecule has 1 unspecified atom stereocenters. The van der Waals surface area contributed by atoms with E-state index in [9.17, 15) is 0 Å². The summed E-state index contributed by atoms with van der Waals surface area (Å²) in [5, 5.41) is 3.69. The van der Waals surface area contributed by atoms with E-state index in [1.54, 1.807) is 0 Å². The molecule has 1 atom stereocenters. The van der Waals surface area contributed by atoms with Gasteiger partial charge in [-0.05, 0) is 57.7 Å². The van der Waals surface area contributed by atoms with Gasteiger partial charge in [0.1, 0.15) is 0 Å². The van der Waals surface area contributed by atoms with Gasteiger partial charge < -0.3 is 10.2 Å². The van der Waals surface area contributed by atoms with Crippen LogP contribution in [0.2, 0.25) is 0 Å². The van der Waals surface area contributed by atoms with Crippen molar-refractivity contribution in [2.45, 2.75) is 53.0 Å². The largest absolute Gasteiger partial charge is 0.309 e. The standard InChI is InChI=1S/C19H32N2/c1-5-9-21(13-17-7-8-17)14-19(20-6-2)18-11-15(3)10-16(4)12-18/h10-12,17,19-20H,5-9,13-14H2,1-4H3. The third-order valence-electron chi connectivity index (χ3n) is 4.29. The van der Waals surface area contributed by atoms with Gasteiger partial charge in [-0.15, -0.1) is 0 Å². The number of nitrogens with one attached hydrogen (secondary N) is 1. The summed E-state index contributed by atoms with van der Waals surface area (Å²) in [6.07, 6.45) is 4.13. The lowest BCUT2D eigenvalue weighted by atomic mass is 10.0. The highest BCUT2D eigenvalue weighted by Gasteiger charge is 2.25. The predicted octanol–water partition coefficient (Wildman–Crippen LogP) is 4.08. The van der Waals surface area contributed by atoms with Gasteiger partial charge in [0.15, 0.2) is 0 Å². The number of benzene rings is 1. The summed E-state index contributed by atoms with van der Waals surface area (Å²) in [5.74, 6) is 0.970. The van der Waals surface area contributed by atoms with Gasteiger partial charge in [0.05, 0.1) is 0 Å². The summed E-state index contributed by atoms with van der Waals surface area (Å²) >= 11 is 0. The highest BCUT2D eigenvalue weighted by Crippen LogP contribution is 2.30. The van der Waals surface area contributed by atoms with Crippen LogP contribution >= 0.6 is 0 Å². The van der Waals surface area contributed by atoms with Crippen LogP contribution in [-0.4, -0.2) is 31.1 Å². The molecular weight excluding hydrogens is 256 g/mol. The van der Waals surface area contributed by atoms with Crippen molar-refractivity contribution in [3.63, 3.8) is 0 Å². The molecule has 1 fully saturated rings. The first-order valence-electron chi connectivity index (χ1n) is 8.66. The summed E-state index contributed by atoms with van der Waals surface area (Å²) in [4.78, 5) is 2.67. The quantitative estimate of drug-likeness (QED) is 0.736. The number of hydrogen-bond donors (Lipinski definition) is 1. The van der Waals surface area contributed by atoms with Gasteiger partial charge in [-0.1, -0.05) is 43.2 Å². The maximum Gasteiger partial charge on any atom is 0.0449 e. The summed E-state index contributed by atoms with van der Waals surface area (Å²) in [5.41, 5.74) is 4.19. The lowest BCUT2D eigenvalue weighted by Crippen LogP contribution is -2.37. The molecule has 0 amide bonds. The molecule has 1 saturated carbocycles. The topological polar surface area (TPSA) is 15.3 Å². The monoisotopic (exact) mass is 288 g/mol. The minimum atomic E-state index is 0.457. The molecule has 0 heterocycles. The SMILES string of the molecule is CCCN(CC1CC1)CC(NCC)c1cc(C)cc(C)c1. The summed E-state index contributed by atoms with van der Waals surface area (Å²) in [7, 11) is 0. The van der Waals surface area contributed by atoms with Gasteiger partial charge in [0, 0.05) is 19.1 Å². The van der Waals surface area contributed by atoms with Crippen molar-refractivity contribution >= 4 is 0 Å². The van der Waals surface area contributed by atoms with Crippen molar-refractivity contribution in [1.82, 2.24) is 10.2 Å². The molecule has 21 heavy (non-hydrogen) atoms. The van der Waals surface area contributed by atoms with Gasteiger partial charge in [-0.25, -0.2) is 0 Å². The highest BCUT2D eigenvalue weighted by atomic mass is 15.2. The molecule has 0 spiro atoms. The zero-order chi connectivity index (χ0) is 15.2. The molecular formula is C19H32N2. The number of likely N-dealkylation sites (N-methyl/N-ethyl adjacent to an activating group) is 1. The van der Waals surface area contributed by atoms with E-state index in [-0.39, 0.29) is 0 Å². The van der Waals surface area contributed by atoms with Crippen LogP contribution in [0.25, 0.3) is 0 Å². The van der Waals surface area contributed by atoms with Crippen molar-refractivity contribution < 1.29 is 0 Å². The zero-order valence-corrected chi connectivity index (χ0v) is 14.3. The Morgan fingerprint density at radius 1 is 1.14 bits per heavy atom. The molecule has 1 aromatic rings. The highest BCUT2D eigenvalue weighted by molar-refractivity contribution is 5.31. The second-order valence-electron chi connectivity index (χ2n) is 6.73. The van der Waals surface area contributed by atoms with Gasteiger partial charge >= 0.3 is 0 Å². The molecule has 0 aliphatic heterocycles. The van der Waals surface area contributed by atoms with Crippen LogP contribution in [0.15, 0.2) is 18.2 Å². The third kappa shape index (κ3) is 5.44. The second-order valence-corrected chi connectivity index (χ2v) is 6.73. The van der Waals surface area contributed by atoms with Crippen molar-refractivity contribution in [2.24, 2.45) is 5.92 Å². The molecule has 2 nitrogen and oxygen atoms in total. The molecule has 0 saturated heterocycles. The summed E-state index contributed by atoms with van der Waals surface area (Å²) in [6.45, 7) is 13.6. The number of aryl methyl sites for hydroxylation is 2. The second kappa shape index (κ2) is 7.95. The maximum absolute atomic E-state index is 3.69. The van der Waals surface area contributed by atoms with E-state index >= 15 is 0 Å². The summed E-state index contributed by atoms with van der Waals surface area (Å²) in [6, 6.07) is 7.42.